The molecule has 0 aromatic heterocycles. The van der Waals surface area contributed by atoms with Gasteiger partial charge in [0.15, 0.2) is 5.78 Å². The molecule has 0 radical (unpaired) electrons. The molecular weight excluding hydrogens is 300 g/mol. The minimum absolute atomic E-state index is 0.219. The average Bonchev–Trinajstić information content (AvgIpc) is 2.51. The van der Waals surface area contributed by atoms with Gasteiger partial charge in [0.1, 0.15) is 12.0 Å². The van der Waals surface area contributed by atoms with Crippen LogP contribution in [0.25, 0.3) is 0 Å². The van der Waals surface area contributed by atoms with Gasteiger partial charge in [-0.3, -0.25) is 9.59 Å². The van der Waals surface area contributed by atoms with Crippen molar-refractivity contribution in [1.29, 1.82) is 0 Å². The van der Waals surface area contributed by atoms with Gasteiger partial charge in [-0.25, -0.2) is 0 Å². The first-order chi connectivity index (χ1) is 10.9. The van der Waals surface area contributed by atoms with Crippen molar-refractivity contribution in [3.63, 3.8) is 0 Å². The summed E-state index contributed by atoms with van der Waals surface area (Å²) in [6.07, 6.45) is 7.11. The van der Waals surface area contributed by atoms with E-state index in [4.69, 9.17) is 10.2 Å². The lowest BCUT2D eigenvalue weighted by Crippen LogP contribution is -2.36. The summed E-state index contributed by atoms with van der Waals surface area (Å²) in [5, 5.41) is 27.2. The van der Waals surface area contributed by atoms with E-state index in [9.17, 15) is 14.7 Å². The highest BCUT2D eigenvalue weighted by Gasteiger charge is 2.32. The van der Waals surface area contributed by atoms with Crippen LogP contribution in [0.4, 0.5) is 0 Å². The van der Waals surface area contributed by atoms with Gasteiger partial charge in [0.25, 0.3) is 5.95 Å². The zero-order chi connectivity index (χ0) is 17.7. The van der Waals surface area contributed by atoms with Gasteiger partial charge in [0.2, 0.25) is 0 Å². The Morgan fingerprint density at radius 1 is 1.04 bits per heavy atom. The first-order valence-electron chi connectivity index (χ1n) is 8.36. The van der Waals surface area contributed by atoms with E-state index in [1.165, 1.54) is 25.7 Å². The maximum Gasteiger partial charge on any atom is 0.324 e. The Kier molecular flexibility index (Phi) is 12.3. The maximum absolute atomic E-state index is 11.9. The number of aliphatic hydroxyl groups excluding tert-OH is 3. The van der Waals surface area contributed by atoms with Crippen molar-refractivity contribution in [1.82, 2.24) is 0 Å². The second-order valence-electron chi connectivity index (χ2n) is 5.73. The highest BCUT2D eigenvalue weighted by Crippen LogP contribution is 2.17. The topological polar surface area (TPSA) is 104 Å². The molecule has 0 fully saturated rings. The van der Waals surface area contributed by atoms with E-state index >= 15 is 0 Å². The number of aliphatic hydroxyl groups is 3. The zero-order valence-corrected chi connectivity index (χ0v) is 14.0. The molecule has 0 aliphatic heterocycles. The van der Waals surface area contributed by atoms with Gasteiger partial charge in [-0.15, -0.1) is 0 Å². The Bertz CT molecular complexity index is 366. The largest absolute Gasteiger partial charge is 0.481 e. The molecule has 23 heavy (non-hydrogen) atoms. The van der Waals surface area contributed by atoms with E-state index in [0.29, 0.717) is 6.42 Å². The van der Waals surface area contributed by atoms with Crippen LogP contribution in [0.5, 0.6) is 0 Å². The monoisotopic (exact) mass is 330 g/mol. The highest BCUT2D eigenvalue weighted by atomic mass is 16.6. The molecule has 2 atom stereocenters. The van der Waals surface area contributed by atoms with Crippen molar-refractivity contribution in [3.8, 4) is 0 Å². The van der Waals surface area contributed by atoms with Crippen molar-refractivity contribution in [3.05, 3.63) is 12.5 Å². The Balaban J connectivity index is 4.24. The fraction of sp³-hybridized carbons (Fsp3) is 0.765. The van der Waals surface area contributed by atoms with E-state index in [1.807, 2.05) is 0 Å². The summed E-state index contributed by atoms with van der Waals surface area (Å²) in [6.45, 7) is 4.45. The lowest BCUT2D eigenvalue weighted by molar-refractivity contribution is -0.154. The van der Waals surface area contributed by atoms with Gasteiger partial charge >= 0.3 is 5.97 Å². The molecule has 0 amide bonds. The van der Waals surface area contributed by atoms with Crippen LogP contribution in [0.3, 0.4) is 0 Å². The van der Waals surface area contributed by atoms with Crippen LogP contribution in [-0.2, 0) is 14.3 Å². The molecule has 0 rings (SSSR count). The number of ether oxygens (including phenoxy) is 1. The fourth-order valence-corrected chi connectivity index (χ4v) is 2.37. The molecule has 0 heterocycles. The van der Waals surface area contributed by atoms with E-state index in [2.05, 4.69) is 18.2 Å². The van der Waals surface area contributed by atoms with Gasteiger partial charge in [0.05, 0.1) is 6.61 Å². The van der Waals surface area contributed by atoms with Crippen molar-refractivity contribution < 1.29 is 29.6 Å². The molecule has 0 spiro atoms. The van der Waals surface area contributed by atoms with E-state index in [-0.39, 0.29) is 6.42 Å². The number of ketones is 1. The van der Waals surface area contributed by atoms with Gasteiger partial charge < -0.3 is 20.1 Å². The summed E-state index contributed by atoms with van der Waals surface area (Å²) < 4.78 is 4.46. The molecule has 0 aliphatic carbocycles. The predicted molar refractivity (Wildman–Crippen MR) is 86.7 cm³/mol. The molecule has 134 valence electrons. The third kappa shape index (κ3) is 10.1. The molecule has 3 N–H and O–H groups in total. The number of hydrogen-bond acceptors (Lipinski definition) is 6. The summed E-state index contributed by atoms with van der Waals surface area (Å²) in [5.74, 6) is -3.72. The normalized spacial score (nSPS) is 13.3. The molecule has 0 aliphatic rings. The number of esters is 1. The number of carbonyl (C=O) groups excluding carboxylic acids is 2. The first kappa shape index (κ1) is 21.6. The van der Waals surface area contributed by atoms with E-state index < -0.39 is 36.3 Å². The van der Waals surface area contributed by atoms with Gasteiger partial charge in [-0.1, -0.05) is 58.3 Å². The zero-order valence-electron chi connectivity index (χ0n) is 14.0. The molecule has 6 heteroatoms. The van der Waals surface area contributed by atoms with Crippen LogP contribution in [0.15, 0.2) is 12.5 Å². The number of hydrogen-bond donors (Lipinski definition) is 3. The van der Waals surface area contributed by atoms with Crippen LogP contribution in [0.2, 0.25) is 0 Å². The summed E-state index contributed by atoms with van der Waals surface area (Å²) in [4.78, 5) is 23.7. The summed E-state index contributed by atoms with van der Waals surface area (Å²) in [7, 11) is 0. The highest BCUT2D eigenvalue weighted by molar-refractivity contribution is 6.01. The molecule has 6 nitrogen and oxygen atoms in total. The first-order valence-corrected chi connectivity index (χ1v) is 8.36. The molecule has 2 unspecified atom stereocenters. The Morgan fingerprint density at radius 3 is 2.04 bits per heavy atom. The molecule has 0 saturated heterocycles. The van der Waals surface area contributed by atoms with Crippen LogP contribution in [-0.4, -0.2) is 39.8 Å². The van der Waals surface area contributed by atoms with Gasteiger partial charge in [-0.2, -0.15) is 0 Å². The lowest BCUT2D eigenvalue weighted by Gasteiger charge is -2.16. The second kappa shape index (κ2) is 13.1. The van der Waals surface area contributed by atoms with Crippen molar-refractivity contribution >= 4 is 11.8 Å². The predicted octanol–water partition coefficient (Wildman–Crippen LogP) is 2.63. The molecule has 0 bridgehead atoms. The van der Waals surface area contributed by atoms with Crippen molar-refractivity contribution in [2.24, 2.45) is 5.92 Å². The summed E-state index contributed by atoms with van der Waals surface area (Å²) in [5.41, 5.74) is 0. The molecular formula is C17H30O6. The minimum Gasteiger partial charge on any atom is -0.481 e. The summed E-state index contributed by atoms with van der Waals surface area (Å²) >= 11 is 0. The number of Topliss-reactive ketones (excluding diaryl/α,β-unsaturated/α-hetero) is 1. The number of unbranched alkanes of at least 4 members (excludes halogenated alkanes) is 7. The molecule has 0 saturated carbocycles. The van der Waals surface area contributed by atoms with Gasteiger partial charge in [-0.05, 0) is 13.0 Å². The smallest absolute Gasteiger partial charge is 0.324 e. The third-order valence-electron chi connectivity index (χ3n) is 3.69. The van der Waals surface area contributed by atoms with Gasteiger partial charge in [0, 0.05) is 0 Å². The van der Waals surface area contributed by atoms with E-state index in [1.54, 1.807) is 0 Å². The number of carbonyl (C=O) groups is 2. The van der Waals surface area contributed by atoms with Crippen LogP contribution in [0.1, 0.15) is 64.7 Å². The Hall–Kier alpha value is -1.40. The Labute approximate surface area is 138 Å². The third-order valence-corrected chi connectivity index (χ3v) is 3.69. The quantitative estimate of drug-likeness (QED) is 0.196. The maximum atomic E-state index is 11.9. The van der Waals surface area contributed by atoms with Crippen LogP contribution in [0, 0.1) is 5.92 Å². The standard InChI is InChI=1S/C17H30O6/c1-3-4-5-6-7-8-9-10-11-14(16(21)15(20)12-18)17(22)23-13(2)19/h14-15,18-20H,2-12H2,1H3. The minimum atomic E-state index is -1.62. The van der Waals surface area contributed by atoms with E-state index in [0.717, 1.165) is 19.3 Å². The summed E-state index contributed by atoms with van der Waals surface area (Å²) in [6, 6.07) is 0. The van der Waals surface area contributed by atoms with Crippen molar-refractivity contribution in [2.75, 3.05) is 6.61 Å². The van der Waals surface area contributed by atoms with Crippen LogP contribution < -0.4 is 0 Å². The SMILES string of the molecule is C=C(O)OC(=O)C(CCCCCCCCCC)C(=O)C(O)CO. The number of rotatable bonds is 14. The fourth-order valence-electron chi connectivity index (χ4n) is 2.37. The average molecular weight is 330 g/mol. The molecule has 0 aromatic rings. The molecule has 0 aromatic carbocycles. The van der Waals surface area contributed by atoms with Crippen molar-refractivity contribution in [2.45, 2.75) is 70.8 Å². The van der Waals surface area contributed by atoms with Crippen LogP contribution >= 0.6 is 0 Å². The second-order valence-corrected chi connectivity index (χ2v) is 5.73. The lowest BCUT2D eigenvalue weighted by atomic mass is 9.93. The Morgan fingerprint density at radius 2 is 1.57 bits per heavy atom.